The van der Waals surface area contributed by atoms with Crippen molar-refractivity contribution in [2.24, 2.45) is 0 Å². The molecule has 2 nitrogen and oxygen atoms in total. The number of nitrogens with one attached hydrogen (secondary N) is 2. The Balaban J connectivity index is 2.00. The van der Waals surface area contributed by atoms with Gasteiger partial charge in [0.2, 0.25) is 0 Å². The SMILES string of the molecule is C1CCCCCCCCCNNCCCCCCCCC1. The number of hydrogen-bond donors (Lipinski definition) is 2. The quantitative estimate of drug-likeness (QED) is 0.597. The molecule has 0 amide bonds. The first-order valence-electron chi connectivity index (χ1n) is 9.96. The molecule has 0 atom stereocenters. The molecule has 2 heteroatoms. The molecular weight excluding hydrogens is 256 g/mol. The number of rotatable bonds is 0. The van der Waals surface area contributed by atoms with E-state index in [1.54, 1.807) is 0 Å². The van der Waals surface area contributed by atoms with Crippen LogP contribution in [-0.4, -0.2) is 13.1 Å². The van der Waals surface area contributed by atoms with Gasteiger partial charge in [-0.2, -0.15) is 0 Å². The molecular formula is C19H40N2. The van der Waals surface area contributed by atoms with E-state index in [4.69, 9.17) is 0 Å². The van der Waals surface area contributed by atoms with Crippen molar-refractivity contribution in [1.29, 1.82) is 0 Å². The second-order valence-corrected chi connectivity index (χ2v) is 6.86. The Morgan fingerprint density at radius 1 is 0.238 bits per heavy atom. The third kappa shape index (κ3) is 14.6. The molecule has 126 valence electrons. The van der Waals surface area contributed by atoms with E-state index < -0.39 is 0 Å². The van der Waals surface area contributed by atoms with Crippen LogP contribution in [0.5, 0.6) is 0 Å². The lowest BCUT2D eigenvalue weighted by Crippen LogP contribution is -2.33. The average molecular weight is 297 g/mol. The van der Waals surface area contributed by atoms with E-state index in [9.17, 15) is 0 Å². The minimum Gasteiger partial charge on any atom is -0.258 e. The second kappa shape index (κ2) is 16.3. The van der Waals surface area contributed by atoms with Crippen molar-refractivity contribution < 1.29 is 0 Å². The van der Waals surface area contributed by atoms with Crippen molar-refractivity contribution in [3.05, 3.63) is 0 Å². The maximum absolute atomic E-state index is 3.37. The van der Waals surface area contributed by atoms with Crippen molar-refractivity contribution in [2.45, 2.75) is 109 Å². The Hall–Kier alpha value is -0.0800. The largest absolute Gasteiger partial charge is 0.258 e. The zero-order valence-electron chi connectivity index (χ0n) is 14.4. The maximum atomic E-state index is 3.37. The van der Waals surface area contributed by atoms with E-state index in [0.29, 0.717) is 0 Å². The molecule has 1 aliphatic rings. The lowest BCUT2D eigenvalue weighted by Gasteiger charge is -2.07. The molecule has 21 heavy (non-hydrogen) atoms. The van der Waals surface area contributed by atoms with Gasteiger partial charge in [0.15, 0.2) is 0 Å². The van der Waals surface area contributed by atoms with Gasteiger partial charge in [-0.1, -0.05) is 96.3 Å². The topological polar surface area (TPSA) is 24.1 Å². The Kier molecular flexibility index (Phi) is 14.7. The van der Waals surface area contributed by atoms with Gasteiger partial charge in [0.25, 0.3) is 0 Å². The normalized spacial score (nSPS) is 24.0. The molecule has 0 radical (unpaired) electrons. The number of hydrazine groups is 1. The molecule has 0 aromatic heterocycles. The fraction of sp³-hybridized carbons (Fsp3) is 1.00. The van der Waals surface area contributed by atoms with Crippen molar-refractivity contribution in [3.8, 4) is 0 Å². The van der Waals surface area contributed by atoms with Gasteiger partial charge in [-0.25, -0.2) is 0 Å². The highest BCUT2D eigenvalue weighted by Crippen LogP contribution is 2.13. The van der Waals surface area contributed by atoms with Crippen LogP contribution in [-0.2, 0) is 0 Å². The molecule has 0 unspecified atom stereocenters. The third-order valence-electron chi connectivity index (χ3n) is 4.73. The van der Waals surface area contributed by atoms with Gasteiger partial charge >= 0.3 is 0 Å². The summed E-state index contributed by atoms with van der Waals surface area (Å²) in [7, 11) is 0. The third-order valence-corrected chi connectivity index (χ3v) is 4.73. The summed E-state index contributed by atoms with van der Waals surface area (Å²) in [4.78, 5) is 0. The molecule has 0 aliphatic carbocycles. The van der Waals surface area contributed by atoms with Crippen LogP contribution in [0.4, 0.5) is 0 Å². The Bertz CT molecular complexity index is 102. The summed E-state index contributed by atoms with van der Waals surface area (Å²) in [5.41, 5.74) is 6.73. The minimum atomic E-state index is 1.14. The van der Waals surface area contributed by atoms with Crippen LogP contribution in [0.1, 0.15) is 109 Å². The molecule has 1 fully saturated rings. The van der Waals surface area contributed by atoms with Crippen molar-refractivity contribution in [1.82, 2.24) is 10.9 Å². The highest BCUT2D eigenvalue weighted by molar-refractivity contribution is 4.52. The number of hydrogen-bond acceptors (Lipinski definition) is 2. The molecule has 0 spiro atoms. The van der Waals surface area contributed by atoms with E-state index in [0.717, 1.165) is 13.1 Å². The summed E-state index contributed by atoms with van der Waals surface area (Å²) < 4.78 is 0. The first-order chi connectivity index (χ1) is 10.5. The minimum absolute atomic E-state index is 1.14. The molecule has 1 saturated heterocycles. The van der Waals surface area contributed by atoms with Gasteiger partial charge in [0.1, 0.15) is 0 Å². The summed E-state index contributed by atoms with van der Waals surface area (Å²) in [5.74, 6) is 0. The van der Waals surface area contributed by atoms with Crippen LogP contribution < -0.4 is 10.9 Å². The zero-order valence-corrected chi connectivity index (χ0v) is 14.4. The first kappa shape index (κ1) is 19.0. The van der Waals surface area contributed by atoms with Crippen LogP contribution >= 0.6 is 0 Å². The van der Waals surface area contributed by atoms with E-state index in [1.165, 1.54) is 109 Å². The predicted octanol–water partition coefficient (Wildman–Crippen LogP) is 5.73. The average Bonchev–Trinajstić information content (AvgIpc) is 2.50. The summed E-state index contributed by atoms with van der Waals surface area (Å²) in [6.07, 6.45) is 24.5. The molecule has 0 saturated carbocycles. The molecule has 0 aromatic carbocycles. The van der Waals surface area contributed by atoms with Gasteiger partial charge in [-0.05, 0) is 12.8 Å². The second-order valence-electron chi connectivity index (χ2n) is 6.86. The van der Waals surface area contributed by atoms with E-state index in [-0.39, 0.29) is 0 Å². The summed E-state index contributed by atoms with van der Waals surface area (Å²) in [6.45, 7) is 2.28. The van der Waals surface area contributed by atoms with Crippen LogP contribution in [0.25, 0.3) is 0 Å². The molecule has 1 aliphatic heterocycles. The van der Waals surface area contributed by atoms with Gasteiger partial charge in [0.05, 0.1) is 0 Å². The van der Waals surface area contributed by atoms with Crippen molar-refractivity contribution >= 4 is 0 Å². The maximum Gasteiger partial charge on any atom is 0.00997 e. The lowest BCUT2D eigenvalue weighted by atomic mass is 10.0. The summed E-state index contributed by atoms with van der Waals surface area (Å²) in [5, 5.41) is 0. The Labute approximate surface area is 133 Å². The van der Waals surface area contributed by atoms with E-state index in [2.05, 4.69) is 10.9 Å². The van der Waals surface area contributed by atoms with E-state index >= 15 is 0 Å². The van der Waals surface area contributed by atoms with Crippen LogP contribution in [0.3, 0.4) is 0 Å². The van der Waals surface area contributed by atoms with Crippen LogP contribution in [0, 0.1) is 0 Å². The Morgan fingerprint density at radius 3 is 0.667 bits per heavy atom. The molecule has 1 rings (SSSR count). The van der Waals surface area contributed by atoms with E-state index in [1.807, 2.05) is 0 Å². The first-order valence-corrected chi connectivity index (χ1v) is 9.96. The lowest BCUT2D eigenvalue weighted by molar-refractivity contribution is 0.479. The molecule has 2 N–H and O–H groups in total. The van der Waals surface area contributed by atoms with Gasteiger partial charge < -0.3 is 0 Å². The van der Waals surface area contributed by atoms with Crippen LogP contribution in [0.15, 0.2) is 0 Å². The summed E-state index contributed by atoms with van der Waals surface area (Å²) in [6, 6.07) is 0. The van der Waals surface area contributed by atoms with Gasteiger partial charge in [-0.15, -0.1) is 0 Å². The molecule has 1 heterocycles. The molecule has 0 bridgehead atoms. The van der Waals surface area contributed by atoms with Gasteiger partial charge in [0, 0.05) is 13.1 Å². The highest BCUT2D eigenvalue weighted by atomic mass is 15.3. The fourth-order valence-electron chi connectivity index (χ4n) is 3.26. The monoisotopic (exact) mass is 296 g/mol. The fourth-order valence-corrected chi connectivity index (χ4v) is 3.26. The van der Waals surface area contributed by atoms with Crippen molar-refractivity contribution in [3.63, 3.8) is 0 Å². The zero-order chi connectivity index (χ0) is 14.8. The summed E-state index contributed by atoms with van der Waals surface area (Å²) >= 11 is 0. The smallest absolute Gasteiger partial charge is 0.00997 e. The highest BCUT2D eigenvalue weighted by Gasteiger charge is 1.96. The van der Waals surface area contributed by atoms with Crippen LogP contribution in [0.2, 0.25) is 0 Å². The standard InChI is InChI=1S/C19H40N2/c1-2-4-6-8-10-12-14-16-18-20-21-19-17-15-13-11-9-7-5-3-1/h20-21H,1-19H2. The predicted molar refractivity (Wildman–Crippen MR) is 94.5 cm³/mol. The Morgan fingerprint density at radius 2 is 0.429 bits per heavy atom. The molecule has 0 aromatic rings. The van der Waals surface area contributed by atoms with Crippen molar-refractivity contribution in [2.75, 3.05) is 13.1 Å². The van der Waals surface area contributed by atoms with Gasteiger partial charge in [-0.3, -0.25) is 10.9 Å².